The van der Waals surface area contributed by atoms with Crippen molar-refractivity contribution in [2.75, 3.05) is 13.7 Å². The van der Waals surface area contributed by atoms with E-state index in [0.717, 1.165) is 30.3 Å². The Morgan fingerprint density at radius 3 is 2.77 bits per heavy atom. The lowest BCUT2D eigenvalue weighted by Crippen LogP contribution is -2.33. The van der Waals surface area contributed by atoms with E-state index in [1.54, 1.807) is 29.8 Å². The predicted molar refractivity (Wildman–Crippen MR) is 123 cm³/mol. The van der Waals surface area contributed by atoms with Gasteiger partial charge in [0.2, 0.25) is 0 Å². The van der Waals surface area contributed by atoms with Gasteiger partial charge in [-0.1, -0.05) is 35.4 Å². The number of carbonyl (C=O) groups excluding carboxylic acids is 2. The molecule has 1 aromatic carbocycles. The van der Waals surface area contributed by atoms with Crippen molar-refractivity contribution < 1.29 is 14.3 Å². The molecule has 6 heteroatoms. The summed E-state index contributed by atoms with van der Waals surface area (Å²) in [5.41, 5.74) is 3.92. The Kier molecular flexibility index (Phi) is 6.42. The normalized spacial score (nSPS) is 13.7. The molecule has 0 unspecified atom stereocenters. The Morgan fingerprint density at radius 2 is 2.03 bits per heavy atom. The third kappa shape index (κ3) is 4.52. The van der Waals surface area contributed by atoms with Crippen LogP contribution >= 0.6 is 11.6 Å². The van der Waals surface area contributed by atoms with E-state index in [4.69, 9.17) is 16.3 Å². The van der Waals surface area contributed by atoms with Gasteiger partial charge in [-0.05, 0) is 68.0 Å². The first-order valence-corrected chi connectivity index (χ1v) is 10.9. The molecule has 0 atom stereocenters. The van der Waals surface area contributed by atoms with Gasteiger partial charge in [0.25, 0.3) is 11.7 Å². The van der Waals surface area contributed by atoms with E-state index < -0.39 is 11.7 Å². The van der Waals surface area contributed by atoms with Crippen molar-refractivity contribution in [1.82, 2.24) is 9.72 Å². The van der Waals surface area contributed by atoms with E-state index in [1.165, 1.54) is 18.4 Å². The molecule has 1 aliphatic rings. The Labute approximate surface area is 186 Å². The Bertz CT molecular complexity index is 1160. The summed E-state index contributed by atoms with van der Waals surface area (Å²) >= 11 is 6.31. The third-order valence-electron chi connectivity index (χ3n) is 5.68. The summed E-state index contributed by atoms with van der Waals surface area (Å²) in [5.74, 6) is -0.608. The zero-order chi connectivity index (χ0) is 21.8. The summed E-state index contributed by atoms with van der Waals surface area (Å²) in [5, 5.41) is 3.25. The zero-order valence-electron chi connectivity index (χ0n) is 17.5. The lowest BCUT2D eigenvalue weighted by atomic mass is 9.97. The highest BCUT2D eigenvalue weighted by atomic mass is 35.5. The van der Waals surface area contributed by atoms with Gasteiger partial charge in [0.05, 0.1) is 12.1 Å². The van der Waals surface area contributed by atoms with Gasteiger partial charge >= 0.3 is 0 Å². The van der Waals surface area contributed by atoms with E-state index in [0.29, 0.717) is 28.6 Å². The van der Waals surface area contributed by atoms with Gasteiger partial charge in [-0.15, -0.1) is 0 Å². The first kappa shape index (κ1) is 21.2. The van der Waals surface area contributed by atoms with Crippen LogP contribution in [-0.2, 0) is 4.79 Å². The maximum absolute atomic E-state index is 13.2. The van der Waals surface area contributed by atoms with Gasteiger partial charge in [0, 0.05) is 23.8 Å². The molecule has 160 valence electrons. The number of amides is 1. The second-order valence-corrected chi connectivity index (χ2v) is 8.10. The fraction of sp³-hybridized carbons (Fsp3) is 0.280. The first-order valence-electron chi connectivity index (χ1n) is 10.5. The van der Waals surface area contributed by atoms with Gasteiger partial charge in [-0.3, -0.25) is 9.59 Å². The van der Waals surface area contributed by atoms with Crippen LogP contribution in [0.1, 0.15) is 42.6 Å². The zero-order valence-corrected chi connectivity index (χ0v) is 18.2. The van der Waals surface area contributed by atoms with Crippen molar-refractivity contribution in [3.63, 3.8) is 0 Å². The van der Waals surface area contributed by atoms with Crippen molar-refractivity contribution in [3.05, 3.63) is 71.0 Å². The number of rotatable bonds is 7. The Balaban J connectivity index is 1.62. The predicted octanol–water partition coefficient (Wildman–Crippen LogP) is 5.46. The highest BCUT2D eigenvalue weighted by molar-refractivity contribution is 6.43. The Hall–Kier alpha value is -3.05. The molecule has 5 nitrogen and oxygen atoms in total. The van der Waals surface area contributed by atoms with Crippen molar-refractivity contribution >= 4 is 28.8 Å². The average molecular weight is 437 g/mol. The third-order valence-corrected chi connectivity index (χ3v) is 5.98. The highest BCUT2D eigenvalue weighted by Crippen LogP contribution is 2.34. The molecule has 0 saturated heterocycles. The monoisotopic (exact) mass is 436 g/mol. The number of pyridine rings is 1. The molecule has 0 saturated carbocycles. The van der Waals surface area contributed by atoms with Crippen LogP contribution in [0, 0.1) is 0 Å². The summed E-state index contributed by atoms with van der Waals surface area (Å²) in [6.45, 7) is 0.462. The van der Waals surface area contributed by atoms with Gasteiger partial charge in [0.15, 0.2) is 0 Å². The van der Waals surface area contributed by atoms with Crippen LogP contribution in [0.2, 0.25) is 5.02 Å². The van der Waals surface area contributed by atoms with E-state index >= 15 is 0 Å². The molecule has 1 aliphatic carbocycles. The number of halogens is 1. The van der Waals surface area contributed by atoms with Crippen LogP contribution in [0.15, 0.2) is 60.3 Å². The number of nitrogens with zero attached hydrogens (tertiary/aromatic N) is 1. The van der Waals surface area contributed by atoms with Crippen molar-refractivity contribution in [2.45, 2.75) is 32.1 Å². The minimum Gasteiger partial charge on any atom is -0.495 e. The summed E-state index contributed by atoms with van der Waals surface area (Å²) < 4.78 is 6.98. The molecule has 31 heavy (non-hydrogen) atoms. The van der Waals surface area contributed by atoms with Crippen molar-refractivity contribution in [1.29, 1.82) is 0 Å². The number of carbonyl (C=O) groups is 2. The maximum Gasteiger partial charge on any atom is 0.294 e. The molecule has 0 fully saturated rings. The van der Waals surface area contributed by atoms with Gasteiger partial charge in [-0.2, -0.15) is 0 Å². The molecule has 3 aromatic rings. The van der Waals surface area contributed by atoms with Crippen LogP contribution < -0.4 is 10.1 Å². The molecule has 1 amide bonds. The second-order valence-electron chi connectivity index (χ2n) is 7.69. The van der Waals surface area contributed by atoms with Gasteiger partial charge in [0.1, 0.15) is 11.4 Å². The summed E-state index contributed by atoms with van der Waals surface area (Å²) in [4.78, 5) is 25.9. The van der Waals surface area contributed by atoms with Crippen LogP contribution in [0.4, 0.5) is 0 Å². The summed E-state index contributed by atoms with van der Waals surface area (Å²) in [6.07, 6.45) is 9.44. The summed E-state index contributed by atoms with van der Waals surface area (Å²) in [7, 11) is 1.55. The number of benzene rings is 1. The number of Topliss-reactive ketones (excluding diaryl/α,β-unsaturated/α-hetero) is 1. The molecule has 0 radical (unpaired) electrons. The average Bonchev–Trinajstić information content (AvgIpc) is 3.18. The van der Waals surface area contributed by atoms with Crippen molar-refractivity contribution in [2.24, 2.45) is 0 Å². The summed E-state index contributed by atoms with van der Waals surface area (Å²) in [6, 6.07) is 12.9. The topological polar surface area (TPSA) is 59.8 Å². The molecule has 0 bridgehead atoms. The maximum atomic E-state index is 13.2. The number of hydrogen-bond acceptors (Lipinski definition) is 3. The number of fused-ring (bicyclic) bond motifs is 1. The molecular weight excluding hydrogens is 412 g/mol. The number of methoxy groups -OCH3 is 1. The van der Waals surface area contributed by atoms with E-state index in [2.05, 4.69) is 11.4 Å². The SMILES string of the molecule is COc1ccc(-c2cc3ccccn3c2C(=O)C(=O)NCCC2=CCCCC2)cc1Cl. The van der Waals surface area contributed by atoms with Crippen LogP contribution in [0.3, 0.4) is 0 Å². The van der Waals surface area contributed by atoms with Gasteiger partial charge < -0.3 is 14.5 Å². The molecular formula is C25H25ClN2O3. The number of ketones is 1. The van der Waals surface area contributed by atoms with Gasteiger partial charge in [-0.25, -0.2) is 0 Å². The number of aromatic nitrogens is 1. The lowest BCUT2D eigenvalue weighted by Gasteiger charge is -2.13. The number of ether oxygens (including phenoxy) is 1. The molecule has 0 aliphatic heterocycles. The van der Waals surface area contributed by atoms with Crippen LogP contribution in [0.5, 0.6) is 5.75 Å². The quantitative estimate of drug-likeness (QED) is 0.304. The van der Waals surface area contributed by atoms with E-state index in [1.807, 2.05) is 30.3 Å². The smallest absolute Gasteiger partial charge is 0.294 e. The van der Waals surface area contributed by atoms with Crippen molar-refractivity contribution in [3.8, 4) is 16.9 Å². The fourth-order valence-electron chi connectivity index (χ4n) is 4.07. The fourth-order valence-corrected chi connectivity index (χ4v) is 4.32. The van der Waals surface area contributed by atoms with E-state index in [9.17, 15) is 9.59 Å². The molecule has 4 rings (SSSR count). The van der Waals surface area contributed by atoms with Crippen LogP contribution in [-0.4, -0.2) is 29.7 Å². The van der Waals surface area contributed by atoms with E-state index in [-0.39, 0.29) is 0 Å². The van der Waals surface area contributed by atoms with Crippen LogP contribution in [0.25, 0.3) is 16.6 Å². The first-order chi connectivity index (χ1) is 15.1. The molecule has 2 heterocycles. The molecule has 1 N–H and O–H groups in total. The highest BCUT2D eigenvalue weighted by Gasteiger charge is 2.25. The molecule has 0 spiro atoms. The molecule has 2 aromatic heterocycles. The number of hydrogen-bond donors (Lipinski definition) is 1. The minimum absolute atomic E-state index is 0.325. The minimum atomic E-state index is -0.596. The lowest BCUT2D eigenvalue weighted by molar-refractivity contribution is -0.117. The number of allylic oxidation sites excluding steroid dienone is 1. The largest absolute Gasteiger partial charge is 0.495 e. The second kappa shape index (κ2) is 9.40. The standard InChI is InChI=1S/C25H25ClN2O3/c1-31-22-11-10-18(15-21(22)26)20-16-19-9-5-6-14-28(19)23(20)24(29)25(30)27-13-12-17-7-3-2-4-8-17/h5-7,9-11,14-16H,2-4,8,12-13H2,1H3,(H,27,30). The number of nitrogens with one attached hydrogen (secondary N) is 1. The Morgan fingerprint density at radius 1 is 1.16 bits per heavy atom.